The van der Waals surface area contributed by atoms with E-state index in [0.29, 0.717) is 12.1 Å². The quantitative estimate of drug-likeness (QED) is 0.691. The number of hydrogen-bond donors (Lipinski definition) is 1. The molecule has 0 aliphatic carbocycles. The maximum absolute atomic E-state index is 11.9. The molecule has 0 unspecified atom stereocenters. The number of nitrogens with zero attached hydrogens (tertiary/aromatic N) is 1. The van der Waals surface area contributed by atoms with Crippen LogP contribution < -0.4 is 5.32 Å². The van der Waals surface area contributed by atoms with Gasteiger partial charge in [0.05, 0.1) is 16.0 Å². The molecule has 0 atom stereocenters. The zero-order valence-electron chi connectivity index (χ0n) is 14.7. The van der Waals surface area contributed by atoms with Crippen LogP contribution in [0.25, 0.3) is 20.8 Å². The van der Waals surface area contributed by atoms with Gasteiger partial charge in [0.15, 0.2) is 0 Å². The molecule has 0 saturated carbocycles. The van der Waals surface area contributed by atoms with Gasteiger partial charge in [-0.1, -0.05) is 6.07 Å². The summed E-state index contributed by atoms with van der Waals surface area (Å²) in [5, 5.41) is 3.73. The largest absolute Gasteiger partial charge is 0.326 e. The molecule has 136 valence electrons. The fourth-order valence-corrected chi connectivity index (χ4v) is 4.31. The van der Waals surface area contributed by atoms with Crippen molar-refractivity contribution in [2.75, 3.05) is 17.3 Å². The molecule has 5 nitrogen and oxygen atoms in total. The van der Waals surface area contributed by atoms with Gasteiger partial charge in [0.25, 0.3) is 0 Å². The lowest BCUT2D eigenvalue weighted by molar-refractivity contribution is -0.116. The Balaban J connectivity index is 1.65. The first-order valence-corrected chi connectivity index (χ1v) is 11.1. The van der Waals surface area contributed by atoms with E-state index in [2.05, 4.69) is 23.3 Å². The molecule has 0 spiro atoms. The second-order valence-corrected chi connectivity index (χ2v) is 9.64. The molecule has 0 saturated heterocycles. The maximum Gasteiger partial charge on any atom is 0.224 e. The molecular formula is C19H20N2O3S2. The molecule has 0 aliphatic heterocycles. The van der Waals surface area contributed by atoms with Crippen LogP contribution in [0.2, 0.25) is 0 Å². The van der Waals surface area contributed by atoms with Gasteiger partial charge in [-0.3, -0.25) is 4.79 Å². The highest BCUT2D eigenvalue weighted by molar-refractivity contribution is 7.90. The lowest BCUT2D eigenvalue weighted by Crippen LogP contribution is -2.13. The Morgan fingerprint density at radius 1 is 1.15 bits per heavy atom. The van der Waals surface area contributed by atoms with E-state index < -0.39 is 9.84 Å². The van der Waals surface area contributed by atoms with Gasteiger partial charge in [0, 0.05) is 23.9 Å². The van der Waals surface area contributed by atoms with Crippen molar-refractivity contribution in [3.05, 3.63) is 48.0 Å². The monoisotopic (exact) mass is 388 g/mol. The van der Waals surface area contributed by atoms with Crippen molar-refractivity contribution in [3.63, 3.8) is 0 Å². The summed E-state index contributed by atoms with van der Waals surface area (Å²) in [6.45, 7) is 2.06. The molecule has 0 bridgehead atoms. The minimum atomic E-state index is -3.03. The summed E-state index contributed by atoms with van der Waals surface area (Å²) in [4.78, 5) is 16.5. The normalized spacial score (nSPS) is 11.6. The third-order valence-corrected chi connectivity index (χ3v) is 5.98. The van der Waals surface area contributed by atoms with E-state index in [1.54, 1.807) is 11.3 Å². The number of carbonyl (C=O) groups excluding carboxylic acids is 1. The number of fused-ring (bicyclic) bond motifs is 1. The minimum Gasteiger partial charge on any atom is -0.326 e. The number of carbonyl (C=O) groups is 1. The fourth-order valence-electron chi connectivity index (χ4n) is 2.57. The van der Waals surface area contributed by atoms with Gasteiger partial charge in [-0.15, -0.1) is 11.3 Å². The molecular weight excluding hydrogens is 368 g/mol. The average Bonchev–Trinajstić information content (AvgIpc) is 2.97. The molecule has 1 amide bonds. The smallest absolute Gasteiger partial charge is 0.224 e. The first kappa shape index (κ1) is 18.5. The van der Waals surface area contributed by atoms with Crippen LogP contribution in [0.1, 0.15) is 18.4 Å². The lowest BCUT2D eigenvalue weighted by Gasteiger charge is -2.05. The number of benzene rings is 2. The fraction of sp³-hybridized carbons (Fsp3) is 0.263. The van der Waals surface area contributed by atoms with Crippen LogP contribution in [-0.2, 0) is 14.6 Å². The van der Waals surface area contributed by atoms with Gasteiger partial charge in [-0.25, -0.2) is 13.4 Å². The number of sulfone groups is 1. The van der Waals surface area contributed by atoms with Crippen molar-refractivity contribution >= 4 is 43.0 Å². The Hall–Kier alpha value is -2.25. The molecule has 0 radical (unpaired) electrons. The molecule has 7 heteroatoms. The molecule has 0 aliphatic rings. The van der Waals surface area contributed by atoms with Crippen LogP contribution in [0.15, 0.2) is 42.5 Å². The van der Waals surface area contributed by atoms with Crippen LogP contribution in [0.5, 0.6) is 0 Å². The Bertz CT molecular complexity index is 1040. The Morgan fingerprint density at radius 3 is 2.58 bits per heavy atom. The summed E-state index contributed by atoms with van der Waals surface area (Å²) < 4.78 is 23.3. The number of nitrogens with one attached hydrogen (secondary N) is 1. The highest BCUT2D eigenvalue weighted by Gasteiger charge is 2.09. The summed E-state index contributed by atoms with van der Waals surface area (Å²) in [5.41, 5.74) is 3.88. The van der Waals surface area contributed by atoms with E-state index in [9.17, 15) is 13.2 Å². The van der Waals surface area contributed by atoms with Gasteiger partial charge < -0.3 is 5.32 Å². The Labute approximate surface area is 157 Å². The van der Waals surface area contributed by atoms with Crippen molar-refractivity contribution < 1.29 is 13.2 Å². The van der Waals surface area contributed by atoms with Crippen molar-refractivity contribution in [2.24, 2.45) is 0 Å². The lowest BCUT2D eigenvalue weighted by atomic mass is 10.2. The highest BCUT2D eigenvalue weighted by Crippen LogP contribution is 2.31. The number of amides is 1. The average molecular weight is 389 g/mol. The summed E-state index contributed by atoms with van der Waals surface area (Å²) in [6.07, 6.45) is 1.69. The van der Waals surface area contributed by atoms with Crippen molar-refractivity contribution in [3.8, 4) is 10.6 Å². The Kier molecular flexibility index (Phi) is 5.38. The predicted molar refractivity (Wildman–Crippen MR) is 107 cm³/mol. The Morgan fingerprint density at radius 2 is 1.88 bits per heavy atom. The van der Waals surface area contributed by atoms with Crippen LogP contribution in [0.3, 0.4) is 0 Å². The van der Waals surface area contributed by atoms with E-state index in [1.165, 1.54) is 11.8 Å². The minimum absolute atomic E-state index is 0.0242. The second-order valence-electron chi connectivity index (χ2n) is 6.35. The molecule has 3 aromatic rings. The van der Waals surface area contributed by atoms with Crippen molar-refractivity contribution in [1.29, 1.82) is 0 Å². The predicted octanol–water partition coefficient (Wildman–Crippen LogP) is 4.04. The van der Waals surface area contributed by atoms with E-state index in [-0.39, 0.29) is 18.1 Å². The van der Waals surface area contributed by atoms with Gasteiger partial charge >= 0.3 is 0 Å². The topological polar surface area (TPSA) is 76.1 Å². The molecule has 3 rings (SSSR count). The zero-order valence-corrected chi connectivity index (χ0v) is 16.3. The third kappa shape index (κ3) is 4.89. The summed E-state index contributed by atoms with van der Waals surface area (Å²) in [6, 6.07) is 13.7. The number of rotatable bonds is 6. The van der Waals surface area contributed by atoms with Gasteiger partial charge in [-0.2, -0.15) is 0 Å². The summed E-state index contributed by atoms with van der Waals surface area (Å²) >= 11 is 1.64. The van der Waals surface area contributed by atoms with Crippen LogP contribution in [0, 0.1) is 6.92 Å². The van der Waals surface area contributed by atoms with Gasteiger partial charge in [0.1, 0.15) is 14.8 Å². The van der Waals surface area contributed by atoms with Crippen molar-refractivity contribution in [1.82, 2.24) is 4.98 Å². The van der Waals surface area contributed by atoms with E-state index in [1.807, 2.05) is 36.4 Å². The second kappa shape index (κ2) is 7.55. The number of aryl methyl sites for hydroxylation is 1. The standard InChI is InChI=1S/C19H20N2O3S2/c1-13-5-10-16-17(12-13)25-19(21-16)14-6-8-15(9-7-14)20-18(22)4-3-11-26(2,23)24/h5-10,12H,3-4,11H2,1-2H3,(H,20,22). The van der Waals surface area contributed by atoms with E-state index in [0.717, 1.165) is 20.8 Å². The zero-order chi connectivity index (χ0) is 18.7. The highest BCUT2D eigenvalue weighted by atomic mass is 32.2. The van der Waals surface area contributed by atoms with Crippen LogP contribution >= 0.6 is 11.3 Å². The number of hydrogen-bond acceptors (Lipinski definition) is 5. The number of anilines is 1. The first-order chi connectivity index (χ1) is 12.3. The summed E-state index contributed by atoms with van der Waals surface area (Å²) in [7, 11) is -3.03. The first-order valence-electron chi connectivity index (χ1n) is 8.25. The molecule has 2 aromatic carbocycles. The van der Waals surface area contributed by atoms with Crippen molar-refractivity contribution in [2.45, 2.75) is 19.8 Å². The number of aromatic nitrogens is 1. The van der Waals surface area contributed by atoms with Gasteiger partial charge in [0.2, 0.25) is 5.91 Å². The third-order valence-electron chi connectivity index (χ3n) is 3.88. The molecule has 0 fully saturated rings. The molecule has 26 heavy (non-hydrogen) atoms. The van der Waals surface area contributed by atoms with Crippen LogP contribution in [-0.4, -0.2) is 31.3 Å². The summed E-state index contributed by atoms with van der Waals surface area (Å²) in [5.74, 6) is -0.159. The molecule has 1 aromatic heterocycles. The van der Waals surface area contributed by atoms with Gasteiger partial charge in [-0.05, 0) is 55.3 Å². The molecule has 1 heterocycles. The van der Waals surface area contributed by atoms with E-state index in [4.69, 9.17) is 0 Å². The van der Waals surface area contributed by atoms with Crippen LogP contribution in [0.4, 0.5) is 5.69 Å². The maximum atomic E-state index is 11.9. The molecule has 1 N–H and O–H groups in total. The van der Waals surface area contributed by atoms with E-state index >= 15 is 0 Å². The SMILES string of the molecule is Cc1ccc2nc(-c3ccc(NC(=O)CCCS(C)(=O)=O)cc3)sc2c1. The number of thiazole rings is 1.